The molecule has 0 aromatic carbocycles. The van der Waals surface area contributed by atoms with Crippen LogP contribution < -0.4 is 11.2 Å². The van der Waals surface area contributed by atoms with Gasteiger partial charge in [0.25, 0.3) is 5.56 Å². The van der Waals surface area contributed by atoms with Crippen molar-refractivity contribution in [1.29, 1.82) is 0 Å². The number of rotatable bonds is 3. The molecule has 1 aromatic heterocycles. The Morgan fingerprint density at radius 1 is 1.33 bits per heavy atom. The standard InChI is InChI=1S/C9H12N2O4/c1-5-7(3-4-15-6(2)12)8(13)11-9(14)10-5/h3-4H2,1-2H3,(H2,10,11,13,14). The summed E-state index contributed by atoms with van der Waals surface area (Å²) in [6.07, 6.45) is 0.289. The molecule has 6 nitrogen and oxygen atoms in total. The third-order valence-electron chi connectivity index (χ3n) is 1.91. The topological polar surface area (TPSA) is 92.0 Å². The first-order valence-electron chi connectivity index (χ1n) is 4.46. The van der Waals surface area contributed by atoms with E-state index in [-0.39, 0.29) is 13.0 Å². The Labute approximate surface area is 85.3 Å². The van der Waals surface area contributed by atoms with Crippen LogP contribution in [0.25, 0.3) is 0 Å². The molecule has 0 saturated heterocycles. The van der Waals surface area contributed by atoms with Crippen LogP contribution in [0.5, 0.6) is 0 Å². The molecular formula is C9H12N2O4. The molecule has 1 heterocycles. The maximum Gasteiger partial charge on any atom is 0.325 e. The molecule has 0 aliphatic heterocycles. The van der Waals surface area contributed by atoms with Crippen molar-refractivity contribution in [3.8, 4) is 0 Å². The van der Waals surface area contributed by atoms with Crippen LogP contribution in [-0.2, 0) is 16.0 Å². The molecule has 0 aliphatic rings. The number of carbonyl (C=O) groups is 1. The lowest BCUT2D eigenvalue weighted by molar-refractivity contribution is -0.140. The summed E-state index contributed by atoms with van der Waals surface area (Å²) < 4.78 is 4.70. The summed E-state index contributed by atoms with van der Waals surface area (Å²) in [7, 11) is 0. The van der Waals surface area contributed by atoms with Crippen LogP contribution in [-0.4, -0.2) is 22.5 Å². The van der Waals surface area contributed by atoms with E-state index in [1.165, 1.54) is 6.92 Å². The predicted molar refractivity (Wildman–Crippen MR) is 52.8 cm³/mol. The van der Waals surface area contributed by atoms with Crippen molar-refractivity contribution in [1.82, 2.24) is 9.97 Å². The summed E-state index contributed by atoms with van der Waals surface area (Å²) >= 11 is 0. The van der Waals surface area contributed by atoms with Crippen molar-refractivity contribution in [3.05, 3.63) is 32.1 Å². The highest BCUT2D eigenvalue weighted by atomic mass is 16.5. The lowest BCUT2D eigenvalue weighted by Gasteiger charge is -2.03. The lowest BCUT2D eigenvalue weighted by atomic mass is 10.2. The minimum atomic E-state index is -0.534. The zero-order chi connectivity index (χ0) is 11.4. The highest BCUT2D eigenvalue weighted by Gasteiger charge is 2.05. The molecule has 0 amide bonds. The van der Waals surface area contributed by atoms with Crippen molar-refractivity contribution in [3.63, 3.8) is 0 Å². The molecule has 82 valence electrons. The van der Waals surface area contributed by atoms with Crippen molar-refractivity contribution >= 4 is 5.97 Å². The molecule has 0 unspecified atom stereocenters. The second kappa shape index (κ2) is 4.59. The molecule has 0 radical (unpaired) electrons. The zero-order valence-electron chi connectivity index (χ0n) is 8.55. The van der Waals surface area contributed by atoms with Crippen LogP contribution in [0.15, 0.2) is 9.59 Å². The van der Waals surface area contributed by atoms with Crippen LogP contribution in [0.4, 0.5) is 0 Å². The smallest absolute Gasteiger partial charge is 0.325 e. The number of aromatic nitrogens is 2. The van der Waals surface area contributed by atoms with E-state index in [0.717, 1.165) is 0 Å². The largest absolute Gasteiger partial charge is 0.466 e. The summed E-state index contributed by atoms with van der Waals surface area (Å²) in [5.41, 5.74) is -0.0520. The molecule has 1 rings (SSSR count). The second-order valence-corrected chi connectivity index (χ2v) is 3.10. The first kappa shape index (κ1) is 11.2. The van der Waals surface area contributed by atoms with E-state index in [4.69, 9.17) is 4.74 Å². The van der Waals surface area contributed by atoms with Crippen LogP contribution in [0.1, 0.15) is 18.2 Å². The van der Waals surface area contributed by atoms with Gasteiger partial charge in [-0.05, 0) is 6.92 Å². The Morgan fingerprint density at radius 3 is 2.53 bits per heavy atom. The second-order valence-electron chi connectivity index (χ2n) is 3.10. The highest BCUT2D eigenvalue weighted by Crippen LogP contribution is 1.96. The maximum atomic E-state index is 11.3. The van der Waals surface area contributed by atoms with Gasteiger partial charge in [-0.1, -0.05) is 0 Å². The van der Waals surface area contributed by atoms with Gasteiger partial charge in [0.15, 0.2) is 0 Å². The molecule has 1 aromatic rings. The summed E-state index contributed by atoms with van der Waals surface area (Å²) in [6.45, 7) is 3.05. The molecule has 2 N–H and O–H groups in total. The zero-order valence-corrected chi connectivity index (χ0v) is 8.55. The fourth-order valence-electron chi connectivity index (χ4n) is 1.22. The average molecular weight is 212 g/mol. The summed E-state index contributed by atoms with van der Waals surface area (Å²) in [5.74, 6) is -0.395. The van der Waals surface area contributed by atoms with Gasteiger partial charge in [0.1, 0.15) is 0 Å². The van der Waals surface area contributed by atoms with Crippen LogP contribution in [0, 0.1) is 6.92 Å². The average Bonchev–Trinajstić information content (AvgIpc) is 2.08. The minimum Gasteiger partial charge on any atom is -0.466 e. The normalized spacial score (nSPS) is 10.0. The number of hydrogen-bond donors (Lipinski definition) is 2. The number of nitrogens with one attached hydrogen (secondary N) is 2. The van der Waals surface area contributed by atoms with Crippen LogP contribution in [0.3, 0.4) is 0 Å². The van der Waals surface area contributed by atoms with E-state index in [2.05, 4.69) is 9.97 Å². The Balaban J connectivity index is 2.82. The van der Waals surface area contributed by atoms with Gasteiger partial charge in [-0.3, -0.25) is 14.6 Å². The summed E-state index contributed by atoms with van der Waals surface area (Å²) in [6, 6.07) is 0. The molecule has 6 heteroatoms. The van der Waals surface area contributed by atoms with Gasteiger partial charge in [-0.2, -0.15) is 0 Å². The van der Waals surface area contributed by atoms with E-state index in [1.54, 1.807) is 6.92 Å². The monoisotopic (exact) mass is 212 g/mol. The molecule has 0 bridgehead atoms. The molecule has 0 fully saturated rings. The van der Waals surface area contributed by atoms with E-state index in [1.807, 2.05) is 0 Å². The van der Waals surface area contributed by atoms with E-state index >= 15 is 0 Å². The first-order valence-corrected chi connectivity index (χ1v) is 4.46. The molecule has 0 aliphatic carbocycles. The Kier molecular flexibility index (Phi) is 3.43. The number of carbonyl (C=O) groups excluding carboxylic acids is 1. The molecule has 0 atom stereocenters. The third kappa shape index (κ3) is 3.08. The highest BCUT2D eigenvalue weighted by molar-refractivity contribution is 5.65. The van der Waals surface area contributed by atoms with Gasteiger partial charge in [0.2, 0.25) is 0 Å². The first-order chi connectivity index (χ1) is 7.00. The van der Waals surface area contributed by atoms with Crippen molar-refractivity contribution in [2.45, 2.75) is 20.3 Å². The van der Waals surface area contributed by atoms with E-state index in [0.29, 0.717) is 11.3 Å². The number of aryl methyl sites for hydroxylation is 1. The van der Waals surface area contributed by atoms with Gasteiger partial charge in [-0.25, -0.2) is 4.79 Å². The lowest BCUT2D eigenvalue weighted by Crippen LogP contribution is -2.27. The van der Waals surface area contributed by atoms with E-state index < -0.39 is 17.2 Å². The minimum absolute atomic E-state index is 0.130. The third-order valence-corrected chi connectivity index (χ3v) is 1.91. The van der Waals surface area contributed by atoms with Gasteiger partial charge >= 0.3 is 11.7 Å². The SMILES string of the molecule is CC(=O)OCCc1c(C)[nH]c(=O)[nH]c1=O. The fourth-order valence-corrected chi connectivity index (χ4v) is 1.22. The molecule has 0 spiro atoms. The number of H-pyrrole nitrogens is 2. The Hall–Kier alpha value is -1.85. The van der Waals surface area contributed by atoms with E-state index in [9.17, 15) is 14.4 Å². The number of ether oxygens (including phenoxy) is 1. The van der Waals surface area contributed by atoms with Gasteiger partial charge in [0.05, 0.1) is 6.61 Å². The van der Waals surface area contributed by atoms with Gasteiger partial charge in [-0.15, -0.1) is 0 Å². The summed E-state index contributed by atoms with van der Waals surface area (Å²) in [4.78, 5) is 37.2. The molecule has 0 saturated carbocycles. The van der Waals surface area contributed by atoms with Crippen molar-refractivity contribution in [2.75, 3.05) is 6.61 Å². The fraction of sp³-hybridized carbons (Fsp3) is 0.444. The molecule has 15 heavy (non-hydrogen) atoms. The summed E-state index contributed by atoms with van der Waals surface area (Å²) in [5, 5.41) is 0. The Bertz CT molecular complexity index is 472. The maximum absolute atomic E-state index is 11.3. The predicted octanol–water partition coefficient (Wildman–Crippen LogP) is -0.523. The quantitative estimate of drug-likeness (QED) is 0.659. The number of hydrogen-bond acceptors (Lipinski definition) is 4. The van der Waals surface area contributed by atoms with Crippen LogP contribution >= 0.6 is 0 Å². The van der Waals surface area contributed by atoms with Crippen molar-refractivity contribution < 1.29 is 9.53 Å². The van der Waals surface area contributed by atoms with Crippen molar-refractivity contribution in [2.24, 2.45) is 0 Å². The number of aromatic amines is 2. The van der Waals surface area contributed by atoms with Gasteiger partial charge < -0.3 is 9.72 Å². The Morgan fingerprint density at radius 2 is 2.00 bits per heavy atom. The number of esters is 1. The van der Waals surface area contributed by atoms with Gasteiger partial charge in [0, 0.05) is 24.6 Å². The van der Waals surface area contributed by atoms with Crippen LogP contribution in [0.2, 0.25) is 0 Å². The molecular weight excluding hydrogens is 200 g/mol.